The second-order valence-corrected chi connectivity index (χ2v) is 26.8. The Morgan fingerprint density at radius 1 is 1.00 bits per heavy atom. The van der Waals surface area contributed by atoms with Crippen molar-refractivity contribution in [1.82, 2.24) is 0 Å². The molecule has 4 atom stereocenters. The molecule has 0 aliphatic carbocycles. The zero-order valence-corrected chi connectivity index (χ0v) is 23.7. The SMILES string of the molecule is CCC[N+]1(C)[SiH](O[Si](C)(C)C)C1(C)O[Si](C)(OC)C(C)(C)O[Si](C)(C)C. The van der Waals surface area contributed by atoms with Gasteiger partial charge in [-0.15, -0.1) is 0 Å². The molecule has 0 saturated carbocycles. The maximum atomic E-state index is 6.97. The van der Waals surface area contributed by atoms with Crippen molar-refractivity contribution in [1.29, 1.82) is 0 Å². The normalized spacial score (nSPS) is 32.4. The molecule has 1 fully saturated rings. The molecule has 0 aromatic rings. The van der Waals surface area contributed by atoms with Gasteiger partial charge in [-0.05, 0) is 66.1 Å². The van der Waals surface area contributed by atoms with Gasteiger partial charge in [-0.2, -0.15) is 0 Å². The molecule has 0 aromatic heterocycles. The molecule has 4 unspecified atom stereocenters. The molecular weight excluding hydrogens is 395 g/mol. The van der Waals surface area contributed by atoms with Crippen molar-refractivity contribution in [2.45, 2.75) is 90.5 Å². The van der Waals surface area contributed by atoms with Crippen molar-refractivity contribution >= 4 is 34.4 Å². The van der Waals surface area contributed by atoms with E-state index in [0.717, 1.165) is 17.1 Å². The molecule has 1 saturated heterocycles. The Morgan fingerprint density at radius 2 is 1.50 bits per heavy atom. The third kappa shape index (κ3) is 4.98. The zero-order valence-electron chi connectivity index (χ0n) is 19.6. The van der Waals surface area contributed by atoms with Crippen molar-refractivity contribution in [2.24, 2.45) is 0 Å². The van der Waals surface area contributed by atoms with Gasteiger partial charge in [-0.3, -0.25) is 0 Å². The van der Waals surface area contributed by atoms with Crippen LogP contribution in [0.4, 0.5) is 0 Å². The van der Waals surface area contributed by atoms with Gasteiger partial charge in [0.15, 0.2) is 16.6 Å². The molecule has 9 heteroatoms. The Morgan fingerprint density at radius 3 is 1.85 bits per heavy atom. The Hall–Kier alpha value is 0.668. The second-order valence-electron chi connectivity index (χ2n) is 10.6. The number of hydrogen-bond acceptors (Lipinski definition) is 4. The van der Waals surface area contributed by atoms with Crippen LogP contribution in [0.2, 0.25) is 45.8 Å². The van der Waals surface area contributed by atoms with Gasteiger partial charge in [-0.25, -0.2) is 0 Å². The van der Waals surface area contributed by atoms with Crippen LogP contribution in [-0.4, -0.2) is 69.8 Å². The smallest absolute Gasteiger partial charge is 0.410 e. The van der Waals surface area contributed by atoms with Crippen LogP contribution in [0.5, 0.6) is 0 Å². The van der Waals surface area contributed by atoms with Crippen LogP contribution in [0.3, 0.4) is 0 Å². The molecule has 0 N–H and O–H groups in total. The number of rotatable bonds is 10. The summed E-state index contributed by atoms with van der Waals surface area (Å²) in [6.45, 7) is 25.6. The number of nitrogens with zero attached hydrogens (tertiary/aromatic N) is 1. The van der Waals surface area contributed by atoms with Crippen LogP contribution in [0.1, 0.15) is 34.1 Å². The standard InChI is InChI=1S/C17H44NO4Si4/c1-14-15-18(5)17(4,23(18)22-25(10,11)12)21-26(13,19-6)16(2,3)20-24(7,8)9/h23H,14-15H2,1-13H3/q+1. The van der Waals surface area contributed by atoms with Crippen LogP contribution in [0.15, 0.2) is 0 Å². The minimum atomic E-state index is -2.60. The van der Waals surface area contributed by atoms with E-state index >= 15 is 0 Å². The summed E-state index contributed by atoms with van der Waals surface area (Å²) in [7, 11) is -3.41. The molecule has 26 heavy (non-hydrogen) atoms. The lowest BCUT2D eigenvalue weighted by atomic mass is 10.4. The molecule has 0 aromatic carbocycles. The highest BCUT2D eigenvalue weighted by molar-refractivity contribution is 6.79. The molecule has 1 heterocycles. The Labute approximate surface area is 167 Å². The van der Waals surface area contributed by atoms with Crippen LogP contribution >= 0.6 is 0 Å². The Kier molecular flexibility index (Phi) is 7.12. The van der Waals surface area contributed by atoms with Crippen molar-refractivity contribution in [2.75, 3.05) is 20.7 Å². The fourth-order valence-corrected chi connectivity index (χ4v) is 16.8. The van der Waals surface area contributed by atoms with Crippen molar-refractivity contribution in [3.63, 3.8) is 0 Å². The Bertz CT molecular complexity index is 508. The maximum absolute atomic E-state index is 6.97. The van der Waals surface area contributed by atoms with Gasteiger partial charge in [0.1, 0.15) is 0 Å². The molecular formula is C17H44NO4Si4+. The molecule has 156 valence electrons. The van der Waals surface area contributed by atoms with Gasteiger partial charge in [0, 0.05) is 14.0 Å². The van der Waals surface area contributed by atoms with E-state index in [2.05, 4.69) is 80.6 Å². The van der Waals surface area contributed by atoms with E-state index in [0.29, 0.717) is 0 Å². The van der Waals surface area contributed by atoms with E-state index in [1.807, 2.05) is 0 Å². The van der Waals surface area contributed by atoms with Gasteiger partial charge >= 0.3 is 17.8 Å². The topological polar surface area (TPSA) is 36.9 Å². The highest BCUT2D eigenvalue weighted by Crippen LogP contribution is 2.51. The fraction of sp³-hybridized carbons (Fsp3) is 1.00. The van der Waals surface area contributed by atoms with Crippen LogP contribution in [0.25, 0.3) is 0 Å². The quantitative estimate of drug-likeness (QED) is 0.380. The predicted molar refractivity (Wildman–Crippen MR) is 120 cm³/mol. The Balaban J connectivity index is 3.17. The second kappa shape index (κ2) is 7.49. The lowest BCUT2D eigenvalue weighted by Crippen LogP contribution is -2.64. The van der Waals surface area contributed by atoms with Gasteiger partial charge in [-0.1, -0.05) is 6.92 Å². The summed E-state index contributed by atoms with van der Waals surface area (Å²) in [5, 5.41) is -0.652. The average molecular weight is 439 g/mol. The first kappa shape index (κ1) is 24.7. The molecule has 1 rings (SSSR count). The first-order valence-electron chi connectivity index (χ1n) is 9.86. The first-order chi connectivity index (χ1) is 11.4. The van der Waals surface area contributed by atoms with E-state index < -0.39 is 39.6 Å². The summed E-state index contributed by atoms with van der Waals surface area (Å²) in [5.74, 6) is 0. The fourth-order valence-electron chi connectivity index (χ4n) is 3.88. The number of quaternary nitrogens is 1. The van der Waals surface area contributed by atoms with Gasteiger partial charge < -0.3 is 21.5 Å². The monoisotopic (exact) mass is 438 g/mol. The van der Waals surface area contributed by atoms with Crippen LogP contribution in [-0.2, 0) is 17.4 Å². The highest BCUT2D eigenvalue weighted by atomic mass is 28.4. The summed E-state index contributed by atoms with van der Waals surface area (Å²) in [4.78, 5) is 0. The van der Waals surface area contributed by atoms with E-state index in [4.69, 9.17) is 17.4 Å². The van der Waals surface area contributed by atoms with Crippen molar-refractivity contribution in [3.8, 4) is 0 Å². The third-order valence-electron chi connectivity index (χ3n) is 5.52. The van der Waals surface area contributed by atoms with E-state index in [-0.39, 0.29) is 5.35 Å². The molecule has 1 aliphatic heterocycles. The molecule has 0 amide bonds. The molecule has 0 spiro atoms. The molecule has 0 bridgehead atoms. The zero-order chi connectivity index (χ0) is 20.8. The van der Waals surface area contributed by atoms with Crippen LogP contribution < -0.4 is 0 Å². The minimum absolute atomic E-state index is 0.243. The first-order valence-corrected chi connectivity index (χ1v) is 20.6. The summed E-state index contributed by atoms with van der Waals surface area (Å²) in [6.07, 6.45) is 1.13. The minimum Gasteiger partial charge on any atom is -0.410 e. The van der Waals surface area contributed by atoms with E-state index in [1.165, 1.54) is 0 Å². The lowest BCUT2D eigenvalue weighted by molar-refractivity contribution is -0.784. The lowest BCUT2D eigenvalue weighted by Gasteiger charge is -2.44. The van der Waals surface area contributed by atoms with Gasteiger partial charge in [0.05, 0.1) is 18.8 Å². The average Bonchev–Trinajstić information content (AvgIpc) is 2.80. The molecule has 5 nitrogen and oxygen atoms in total. The van der Waals surface area contributed by atoms with E-state index in [1.54, 1.807) is 7.11 Å². The van der Waals surface area contributed by atoms with Gasteiger partial charge in [0.25, 0.3) is 0 Å². The van der Waals surface area contributed by atoms with Gasteiger partial charge in [0.2, 0.25) is 5.35 Å². The summed E-state index contributed by atoms with van der Waals surface area (Å²) in [6, 6.07) is 0. The molecule has 0 radical (unpaired) electrons. The van der Waals surface area contributed by atoms with Crippen molar-refractivity contribution in [3.05, 3.63) is 0 Å². The maximum Gasteiger partial charge on any atom is 0.504 e. The summed E-state index contributed by atoms with van der Waals surface area (Å²) < 4.78 is 27.2. The van der Waals surface area contributed by atoms with Crippen molar-refractivity contribution < 1.29 is 21.5 Å². The number of hydrogen-bond donors (Lipinski definition) is 0. The predicted octanol–water partition coefficient (Wildman–Crippen LogP) is 4.09. The van der Waals surface area contributed by atoms with E-state index in [9.17, 15) is 0 Å². The summed E-state index contributed by atoms with van der Waals surface area (Å²) >= 11 is 0. The third-order valence-corrected chi connectivity index (χ3v) is 17.8. The van der Waals surface area contributed by atoms with Crippen LogP contribution in [0, 0.1) is 0 Å². The highest BCUT2D eigenvalue weighted by Gasteiger charge is 2.83. The largest absolute Gasteiger partial charge is 0.504 e. The summed E-state index contributed by atoms with van der Waals surface area (Å²) in [5.41, 5.74) is 0. The molecule has 1 aliphatic rings.